The Morgan fingerprint density at radius 1 is 1.06 bits per heavy atom. The van der Waals surface area contributed by atoms with E-state index < -0.39 is 18.1 Å². The van der Waals surface area contributed by atoms with Crippen molar-refractivity contribution in [2.75, 3.05) is 6.54 Å². The van der Waals surface area contributed by atoms with Crippen LogP contribution >= 0.6 is 23.2 Å². The van der Waals surface area contributed by atoms with Crippen LogP contribution in [-0.4, -0.2) is 34.0 Å². The van der Waals surface area contributed by atoms with Crippen LogP contribution < -0.4 is 4.74 Å². The summed E-state index contributed by atoms with van der Waals surface area (Å²) < 4.78 is 20.3. The molecule has 1 aliphatic rings. The molecule has 3 aromatic carbocycles. The number of amides is 1. The van der Waals surface area contributed by atoms with E-state index >= 15 is 0 Å². The van der Waals surface area contributed by atoms with E-state index in [1.54, 1.807) is 30.3 Å². The molecule has 0 bridgehead atoms. The lowest BCUT2D eigenvalue weighted by Gasteiger charge is -2.24. The Morgan fingerprint density at radius 2 is 1.81 bits per heavy atom. The number of fused-ring (bicyclic) bond motifs is 1. The average molecular weight is 530 g/mol. The van der Waals surface area contributed by atoms with Gasteiger partial charge < -0.3 is 14.7 Å². The summed E-state index contributed by atoms with van der Waals surface area (Å²) >= 11 is 12.0. The highest BCUT2D eigenvalue weighted by Crippen LogP contribution is 2.38. The molecule has 0 fully saturated rings. The van der Waals surface area contributed by atoms with Gasteiger partial charge in [0.25, 0.3) is 0 Å². The fourth-order valence-electron chi connectivity index (χ4n) is 4.54. The normalized spacial score (nSPS) is 16.3. The highest BCUT2D eigenvalue weighted by Gasteiger charge is 2.35. The summed E-state index contributed by atoms with van der Waals surface area (Å²) in [6, 6.07) is 17.5. The maximum Gasteiger partial charge on any atom is 0.323 e. The number of carboxylic acids is 1. The van der Waals surface area contributed by atoms with Gasteiger partial charge in [-0.1, -0.05) is 59.6 Å². The number of benzene rings is 3. The van der Waals surface area contributed by atoms with E-state index in [-0.39, 0.29) is 24.7 Å². The average Bonchev–Trinajstić information content (AvgIpc) is 3.15. The molecule has 1 heterocycles. The Balaban J connectivity index is 1.40. The van der Waals surface area contributed by atoms with Crippen LogP contribution in [0.15, 0.2) is 60.7 Å². The molecule has 0 unspecified atom stereocenters. The Labute approximate surface area is 219 Å². The zero-order chi connectivity index (χ0) is 25.9. The number of aliphatic carboxylic acids is 1. The molecule has 1 aliphatic heterocycles. The lowest BCUT2D eigenvalue weighted by atomic mass is 9.91. The van der Waals surface area contributed by atoms with Gasteiger partial charge in [0, 0.05) is 25.8 Å². The van der Waals surface area contributed by atoms with Gasteiger partial charge in [-0.2, -0.15) is 0 Å². The maximum atomic E-state index is 14.2. The first-order valence-corrected chi connectivity index (χ1v) is 12.4. The van der Waals surface area contributed by atoms with E-state index in [9.17, 15) is 19.1 Å². The molecule has 188 valence electrons. The van der Waals surface area contributed by atoms with E-state index in [0.29, 0.717) is 40.4 Å². The molecule has 0 aromatic heterocycles. The molecule has 0 saturated carbocycles. The molecule has 36 heavy (non-hydrogen) atoms. The standard InChI is InChI=1S/C28H26Cl2FNO4/c1-28(14-20-4-2-3-5-24(20)31)15-21-12-18(7-10-25(21)36-28)8-11-26(33)32(17-27(34)35)16-19-6-9-22(29)23(30)13-19/h2-7,9-10,12-13H,8,11,14-17H2,1H3,(H,34,35)/t28-/m0/s1. The second-order valence-electron chi connectivity index (χ2n) is 9.33. The number of hydrogen-bond donors (Lipinski definition) is 1. The molecule has 1 N–H and O–H groups in total. The summed E-state index contributed by atoms with van der Waals surface area (Å²) in [6.07, 6.45) is 1.68. The van der Waals surface area contributed by atoms with Gasteiger partial charge in [0.05, 0.1) is 10.0 Å². The summed E-state index contributed by atoms with van der Waals surface area (Å²) in [6.45, 7) is 1.68. The molecular formula is C28H26Cl2FNO4. The minimum absolute atomic E-state index is 0.119. The minimum Gasteiger partial charge on any atom is -0.487 e. The third-order valence-electron chi connectivity index (χ3n) is 6.23. The lowest BCUT2D eigenvalue weighted by Crippen LogP contribution is -2.35. The number of ether oxygens (including phenoxy) is 1. The molecule has 1 atom stereocenters. The Hall–Kier alpha value is -3.09. The summed E-state index contributed by atoms with van der Waals surface area (Å²) in [5, 5.41) is 10.0. The van der Waals surface area contributed by atoms with E-state index in [2.05, 4.69) is 0 Å². The van der Waals surface area contributed by atoms with Crippen LogP contribution in [0.1, 0.15) is 35.6 Å². The molecular weight excluding hydrogens is 504 g/mol. The summed E-state index contributed by atoms with van der Waals surface area (Å²) in [5.41, 5.74) is 2.71. The second kappa shape index (κ2) is 10.9. The second-order valence-corrected chi connectivity index (χ2v) is 10.1. The third-order valence-corrected chi connectivity index (χ3v) is 6.97. The highest BCUT2D eigenvalue weighted by molar-refractivity contribution is 6.42. The first-order chi connectivity index (χ1) is 17.1. The highest BCUT2D eigenvalue weighted by atomic mass is 35.5. The molecule has 5 nitrogen and oxygen atoms in total. The van der Waals surface area contributed by atoms with E-state index in [1.807, 2.05) is 31.2 Å². The number of carbonyl (C=O) groups is 2. The number of nitrogens with zero attached hydrogens (tertiary/aromatic N) is 1. The topological polar surface area (TPSA) is 66.8 Å². The molecule has 0 spiro atoms. The van der Waals surface area contributed by atoms with Crippen LogP contribution in [0.4, 0.5) is 4.39 Å². The summed E-state index contributed by atoms with van der Waals surface area (Å²) in [5.74, 6) is -0.850. The van der Waals surface area contributed by atoms with Gasteiger partial charge in [-0.05, 0) is 59.9 Å². The first-order valence-electron chi connectivity index (χ1n) is 11.6. The monoisotopic (exact) mass is 529 g/mol. The molecule has 0 radical (unpaired) electrons. The maximum absolute atomic E-state index is 14.2. The van der Waals surface area contributed by atoms with Crippen molar-refractivity contribution in [3.05, 3.63) is 98.8 Å². The Kier molecular flexibility index (Phi) is 7.86. The van der Waals surface area contributed by atoms with Gasteiger partial charge >= 0.3 is 5.97 Å². The van der Waals surface area contributed by atoms with Crippen LogP contribution in [0.2, 0.25) is 10.0 Å². The van der Waals surface area contributed by atoms with Crippen molar-refractivity contribution in [3.63, 3.8) is 0 Å². The first kappa shape index (κ1) is 26.0. The minimum atomic E-state index is -1.09. The van der Waals surface area contributed by atoms with Gasteiger partial charge in [-0.25, -0.2) is 4.39 Å². The smallest absolute Gasteiger partial charge is 0.323 e. The fourth-order valence-corrected chi connectivity index (χ4v) is 4.86. The SMILES string of the molecule is C[C@]1(Cc2ccccc2F)Cc2cc(CCC(=O)N(CC(=O)O)Cc3ccc(Cl)c(Cl)c3)ccc2O1. The summed E-state index contributed by atoms with van der Waals surface area (Å²) in [7, 11) is 0. The van der Waals surface area contributed by atoms with E-state index in [1.165, 1.54) is 11.0 Å². The lowest BCUT2D eigenvalue weighted by molar-refractivity contribution is -0.144. The number of carbonyl (C=O) groups excluding carboxylic acids is 1. The van der Waals surface area contributed by atoms with Crippen LogP contribution in [0.5, 0.6) is 5.75 Å². The van der Waals surface area contributed by atoms with Crippen molar-refractivity contribution in [2.45, 2.75) is 44.8 Å². The molecule has 0 aliphatic carbocycles. The summed E-state index contributed by atoms with van der Waals surface area (Å²) in [4.78, 5) is 25.6. The van der Waals surface area contributed by atoms with E-state index in [4.69, 9.17) is 27.9 Å². The van der Waals surface area contributed by atoms with Crippen molar-refractivity contribution in [2.24, 2.45) is 0 Å². The van der Waals surface area contributed by atoms with Crippen molar-refractivity contribution in [1.29, 1.82) is 0 Å². The van der Waals surface area contributed by atoms with Gasteiger partial charge in [-0.3, -0.25) is 9.59 Å². The molecule has 3 aromatic rings. The number of rotatable bonds is 9. The van der Waals surface area contributed by atoms with Gasteiger partial charge in [0.1, 0.15) is 23.7 Å². The zero-order valence-electron chi connectivity index (χ0n) is 19.8. The predicted octanol–water partition coefficient (Wildman–Crippen LogP) is 6.11. The van der Waals surface area contributed by atoms with E-state index in [0.717, 1.165) is 16.9 Å². The quantitative estimate of drug-likeness (QED) is 0.362. The van der Waals surface area contributed by atoms with Crippen LogP contribution in [0, 0.1) is 5.82 Å². The van der Waals surface area contributed by atoms with Crippen LogP contribution in [0.25, 0.3) is 0 Å². The Bertz CT molecular complexity index is 1300. The zero-order valence-corrected chi connectivity index (χ0v) is 21.3. The van der Waals surface area contributed by atoms with Crippen molar-refractivity contribution in [3.8, 4) is 5.75 Å². The predicted molar refractivity (Wildman–Crippen MR) is 137 cm³/mol. The molecule has 0 saturated heterocycles. The van der Waals surface area contributed by atoms with Crippen molar-refractivity contribution < 1.29 is 23.8 Å². The largest absolute Gasteiger partial charge is 0.487 e. The molecule has 8 heteroatoms. The fraction of sp³-hybridized carbons (Fsp3) is 0.286. The van der Waals surface area contributed by atoms with Crippen molar-refractivity contribution in [1.82, 2.24) is 4.90 Å². The van der Waals surface area contributed by atoms with Gasteiger partial charge in [-0.15, -0.1) is 0 Å². The van der Waals surface area contributed by atoms with Gasteiger partial charge in [0.15, 0.2) is 0 Å². The third kappa shape index (κ3) is 6.37. The Morgan fingerprint density at radius 3 is 2.53 bits per heavy atom. The van der Waals surface area contributed by atoms with Crippen LogP contribution in [-0.2, 0) is 35.4 Å². The number of aryl methyl sites for hydroxylation is 1. The van der Waals surface area contributed by atoms with Crippen LogP contribution in [0.3, 0.4) is 0 Å². The molecule has 4 rings (SSSR count). The number of carboxylic acid groups (broad SMARTS) is 1. The van der Waals surface area contributed by atoms with Crippen molar-refractivity contribution >= 4 is 35.1 Å². The van der Waals surface area contributed by atoms with Gasteiger partial charge in [0.2, 0.25) is 5.91 Å². The number of halogens is 3. The molecule has 1 amide bonds. The number of hydrogen-bond acceptors (Lipinski definition) is 3.